The molecule has 0 unspecified atom stereocenters. The fourth-order valence-electron chi connectivity index (χ4n) is 2.24. The summed E-state index contributed by atoms with van der Waals surface area (Å²) in [7, 11) is 0. The molecular formula is C13H13ClN2. The fourth-order valence-corrected chi connectivity index (χ4v) is 2.47. The van der Waals surface area contributed by atoms with Gasteiger partial charge in [0.25, 0.3) is 0 Å². The zero-order valence-electron chi connectivity index (χ0n) is 8.91. The van der Waals surface area contributed by atoms with E-state index in [9.17, 15) is 0 Å². The van der Waals surface area contributed by atoms with Gasteiger partial charge in [-0.1, -0.05) is 29.8 Å². The van der Waals surface area contributed by atoms with Crippen molar-refractivity contribution in [2.24, 2.45) is 0 Å². The predicted molar refractivity (Wildman–Crippen MR) is 66.6 cm³/mol. The first-order chi connectivity index (χ1) is 7.86. The molecule has 1 aliphatic rings. The molecule has 0 saturated heterocycles. The largest absolute Gasteiger partial charge is 0.342 e. The van der Waals surface area contributed by atoms with Crippen molar-refractivity contribution < 1.29 is 0 Å². The van der Waals surface area contributed by atoms with Crippen LogP contribution in [-0.2, 0) is 13.1 Å². The van der Waals surface area contributed by atoms with Crippen molar-refractivity contribution in [3.63, 3.8) is 0 Å². The molecule has 16 heavy (non-hydrogen) atoms. The Balaban J connectivity index is 2.13. The minimum absolute atomic E-state index is 0.821. The number of rotatable bonds is 1. The van der Waals surface area contributed by atoms with Crippen LogP contribution >= 0.6 is 11.6 Å². The molecule has 0 aliphatic carbocycles. The minimum Gasteiger partial charge on any atom is -0.342 e. The lowest BCUT2D eigenvalue weighted by Gasteiger charge is -2.19. The summed E-state index contributed by atoms with van der Waals surface area (Å²) in [5, 5.41) is 4.19. The monoisotopic (exact) mass is 232 g/mol. The number of benzene rings is 1. The van der Waals surface area contributed by atoms with Crippen molar-refractivity contribution in [2.45, 2.75) is 13.1 Å². The second-order valence-corrected chi connectivity index (χ2v) is 4.43. The Morgan fingerprint density at radius 3 is 2.88 bits per heavy atom. The van der Waals surface area contributed by atoms with Crippen LogP contribution in [0.5, 0.6) is 0 Å². The molecule has 0 atom stereocenters. The third kappa shape index (κ3) is 1.55. The summed E-state index contributed by atoms with van der Waals surface area (Å²) in [4.78, 5) is 0. The maximum absolute atomic E-state index is 6.23. The van der Waals surface area contributed by atoms with E-state index >= 15 is 0 Å². The lowest BCUT2D eigenvalue weighted by Crippen LogP contribution is -2.27. The SMILES string of the molecule is Clc1ccccc1-c1ccc2n1CCNC2. The van der Waals surface area contributed by atoms with E-state index in [1.54, 1.807) is 0 Å². The Bertz CT molecular complexity index is 516. The first kappa shape index (κ1) is 9.94. The van der Waals surface area contributed by atoms with E-state index in [0.717, 1.165) is 30.2 Å². The highest BCUT2D eigenvalue weighted by atomic mass is 35.5. The standard InChI is InChI=1S/C13H13ClN2/c14-12-4-2-1-3-11(12)13-6-5-10-9-15-7-8-16(10)13/h1-6,15H,7-9H2. The highest BCUT2D eigenvalue weighted by Gasteiger charge is 2.14. The predicted octanol–water partition coefficient (Wildman–Crippen LogP) is 2.91. The summed E-state index contributed by atoms with van der Waals surface area (Å²) < 4.78 is 2.34. The van der Waals surface area contributed by atoms with E-state index in [0.29, 0.717) is 0 Å². The number of hydrogen-bond acceptors (Lipinski definition) is 1. The van der Waals surface area contributed by atoms with Crippen LogP contribution in [0.4, 0.5) is 0 Å². The molecule has 0 bridgehead atoms. The van der Waals surface area contributed by atoms with Crippen molar-refractivity contribution in [2.75, 3.05) is 6.54 Å². The zero-order valence-corrected chi connectivity index (χ0v) is 9.67. The maximum Gasteiger partial charge on any atom is 0.0499 e. The Morgan fingerprint density at radius 1 is 1.12 bits per heavy atom. The van der Waals surface area contributed by atoms with Gasteiger partial charge in [-0.2, -0.15) is 0 Å². The molecule has 0 amide bonds. The van der Waals surface area contributed by atoms with Crippen LogP contribution in [0.25, 0.3) is 11.3 Å². The van der Waals surface area contributed by atoms with Gasteiger partial charge in [-0.05, 0) is 18.2 Å². The fraction of sp³-hybridized carbons (Fsp3) is 0.231. The summed E-state index contributed by atoms with van der Waals surface area (Å²) in [6, 6.07) is 12.3. The Hall–Kier alpha value is -1.25. The molecule has 3 rings (SSSR count). The van der Waals surface area contributed by atoms with Crippen LogP contribution < -0.4 is 5.32 Å². The number of halogens is 1. The average molecular weight is 233 g/mol. The number of fused-ring (bicyclic) bond motifs is 1. The van der Waals surface area contributed by atoms with Crippen LogP contribution in [0, 0.1) is 0 Å². The summed E-state index contributed by atoms with van der Waals surface area (Å²) in [5.41, 5.74) is 3.68. The molecule has 3 heteroatoms. The van der Waals surface area contributed by atoms with Crippen molar-refractivity contribution in [3.05, 3.63) is 47.1 Å². The van der Waals surface area contributed by atoms with E-state index in [4.69, 9.17) is 11.6 Å². The highest BCUT2D eigenvalue weighted by Crippen LogP contribution is 2.29. The molecule has 0 fully saturated rings. The van der Waals surface area contributed by atoms with Crippen molar-refractivity contribution in [1.29, 1.82) is 0 Å². The van der Waals surface area contributed by atoms with Gasteiger partial charge in [-0.15, -0.1) is 0 Å². The molecule has 1 aliphatic heterocycles. The van der Waals surface area contributed by atoms with E-state index < -0.39 is 0 Å². The molecule has 0 radical (unpaired) electrons. The molecule has 0 saturated carbocycles. The smallest absolute Gasteiger partial charge is 0.0499 e. The third-order valence-corrected chi connectivity index (χ3v) is 3.37. The van der Waals surface area contributed by atoms with Crippen LogP contribution in [0.1, 0.15) is 5.69 Å². The zero-order chi connectivity index (χ0) is 11.0. The molecular weight excluding hydrogens is 220 g/mol. The van der Waals surface area contributed by atoms with Crippen LogP contribution in [-0.4, -0.2) is 11.1 Å². The van der Waals surface area contributed by atoms with Gasteiger partial charge < -0.3 is 9.88 Å². The average Bonchev–Trinajstić information content (AvgIpc) is 2.74. The van der Waals surface area contributed by atoms with E-state index in [2.05, 4.69) is 28.1 Å². The van der Waals surface area contributed by atoms with Gasteiger partial charge in [0.05, 0.1) is 0 Å². The van der Waals surface area contributed by atoms with Crippen LogP contribution in [0.15, 0.2) is 36.4 Å². The number of aromatic nitrogens is 1. The molecule has 0 spiro atoms. The molecule has 1 N–H and O–H groups in total. The second kappa shape index (κ2) is 3.96. The number of nitrogens with zero attached hydrogens (tertiary/aromatic N) is 1. The molecule has 2 heterocycles. The van der Waals surface area contributed by atoms with Gasteiger partial charge in [0.2, 0.25) is 0 Å². The van der Waals surface area contributed by atoms with E-state index in [-0.39, 0.29) is 0 Å². The highest BCUT2D eigenvalue weighted by molar-refractivity contribution is 6.33. The molecule has 1 aromatic carbocycles. The minimum atomic E-state index is 0.821. The van der Waals surface area contributed by atoms with Gasteiger partial charge >= 0.3 is 0 Å². The normalized spacial score (nSPS) is 14.8. The lowest BCUT2D eigenvalue weighted by atomic mass is 10.1. The summed E-state index contributed by atoms with van der Waals surface area (Å²) in [5.74, 6) is 0. The lowest BCUT2D eigenvalue weighted by molar-refractivity contribution is 0.520. The topological polar surface area (TPSA) is 17.0 Å². The van der Waals surface area contributed by atoms with Crippen LogP contribution in [0.3, 0.4) is 0 Å². The van der Waals surface area contributed by atoms with Crippen LogP contribution in [0.2, 0.25) is 5.02 Å². The van der Waals surface area contributed by atoms with Crippen molar-refractivity contribution >= 4 is 11.6 Å². The Morgan fingerprint density at radius 2 is 2.00 bits per heavy atom. The molecule has 82 valence electrons. The maximum atomic E-state index is 6.23. The third-order valence-electron chi connectivity index (χ3n) is 3.04. The summed E-state index contributed by atoms with van der Waals surface area (Å²) >= 11 is 6.23. The van der Waals surface area contributed by atoms with E-state index in [1.807, 2.05) is 18.2 Å². The molecule has 2 aromatic rings. The molecule has 2 nitrogen and oxygen atoms in total. The quantitative estimate of drug-likeness (QED) is 0.800. The summed E-state index contributed by atoms with van der Waals surface area (Å²) in [6.45, 7) is 2.99. The Labute approximate surface area is 99.8 Å². The Kier molecular flexibility index (Phi) is 2.46. The van der Waals surface area contributed by atoms with Gasteiger partial charge in [0, 0.05) is 41.6 Å². The first-order valence-corrected chi connectivity index (χ1v) is 5.88. The summed E-state index contributed by atoms with van der Waals surface area (Å²) in [6.07, 6.45) is 0. The number of hydrogen-bond donors (Lipinski definition) is 1. The van der Waals surface area contributed by atoms with Gasteiger partial charge in [-0.25, -0.2) is 0 Å². The second-order valence-electron chi connectivity index (χ2n) is 4.02. The van der Waals surface area contributed by atoms with Gasteiger partial charge in [-0.3, -0.25) is 0 Å². The van der Waals surface area contributed by atoms with Gasteiger partial charge in [0.15, 0.2) is 0 Å². The van der Waals surface area contributed by atoms with Crippen molar-refractivity contribution in [3.8, 4) is 11.3 Å². The van der Waals surface area contributed by atoms with E-state index in [1.165, 1.54) is 11.4 Å². The number of nitrogens with one attached hydrogen (secondary N) is 1. The first-order valence-electron chi connectivity index (χ1n) is 5.50. The molecule has 1 aromatic heterocycles. The van der Waals surface area contributed by atoms with Crippen molar-refractivity contribution in [1.82, 2.24) is 9.88 Å². The van der Waals surface area contributed by atoms with Gasteiger partial charge in [0.1, 0.15) is 0 Å².